The van der Waals surface area contributed by atoms with Gasteiger partial charge < -0.3 is 29.6 Å². The van der Waals surface area contributed by atoms with Gasteiger partial charge in [0.25, 0.3) is 0 Å². The van der Waals surface area contributed by atoms with Gasteiger partial charge >= 0.3 is 0 Å². The fraction of sp³-hybridized carbons (Fsp3) is 0.576. The highest BCUT2D eigenvalue weighted by molar-refractivity contribution is 8.00. The molecule has 41 heavy (non-hydrogen) atoms. The van der Waals surface area contributed by atoms with Crippen LogP contribution in [0.4, 0.5) is 5.69 Å². The maximum absolute atomic E-state index is 8.00. The molecule has 1 saturated heterocycles. The zero-order valence-electron chi connectivity index (χ0n) is 25.9. The number of carbonyl (C=O) groups is 1. The summed E-state index contributed by atoms with van der Waals surface area (Å²) in [6.07, 6.45) is 12.1. The summed E-state index contributed by atoms with van der Waals surface area (Å²) in [4.78, 5) is 18.3. The van der Waals surface area contributed by atoms with Crippen molar-refractivity contribution in [2.24, 2.45) is 0 Å². The molecule has 3 heterocycles. The van der Waals surface area contributed by atoms with E-state index in [0.717, 1.165) is 33.0 Å². The molecule has 3 aromatic rings. The number of benzene rings is 2. The number of nitrogens with one attached hydrogen (secondary N) is 1. The van der Waals surface area contributed by atoms with Crippen molar-refractivity contribution in [2.75, 3.05) is 58.5 Å². The van der Waals surface area contributed by atoms with Crippen LogP contribution in [0.25, 0.3) is 11.0 Å². The lowest BCUT2D eigenvalue weighted by Crippen LogP contribution is -2.44. The molecule has 2 fully saturated rings. The first kappa shape index (κ1) is 33.1. The first-order chi connectivity index (χ1) is 20.0. The minimum Gasteiger partial charge on any atom is -0.400 e. The number of fused-ring (bicyclic) bond motifs is 3. The average Bonchev–Trinajstić information content (AvgIpc) is 3.40. The minimum absolute atomic E-state index is 0.166. The molecule has 6 rings (SSSR count). The van der Waals surface area contributed by atoms with E-state index >= 15 is 0 Å². The van der Waals surface area contributed by atoms with Gasteiger partial charge in [0.05, 0.1) is 15.9 Å². The first-order valence-corrected chi connectivity index (χ1v) is 16.2. The molecule has 1 atom stereocenters. The molecule has 2 aromatic carbocycles. The Balaban J connectivity index is 0.000000360. The molecule has 0 amide bonds. The number of thioether (sulfide) groups is 1. The minimum atomic E-state index is 0.166. The summed E-state index contributed by atoms with van der Waals surface area (Å²) in [5.41, 5.74) is 6.77. The van der Waals surface area contributed by atoms with E-state index in [1.54, 1.807) is 0 Å². The number of hydrogen-bond donors (Lipinski definition) is 2. The van der Waals surface area contributed by atoms with Crippen LogP contribution in [0.1, 0.15) is 68.4 Å². The van der Waals surface area contributed by atoms with E-state index in [0.29, 0.717) is 6.04 Å². The van der Waals surface area contributed by atoms with Crippen LogP contribution in [0.2, 0.25) is 0 Å². The lowest BCUT2D eigenvalue weighted by Gasteiger charge is -2.44. The van der Waals surface area contributed by atoms with Crippen LogP contribution in [-0.2, 0) is 17.6 Å². The number of imidazole rings is 1. The summed E-state index contributed by atoms with van der Waals surface area (Å²) in [6, 6.07) is 16.2. The Bertz CT molecular complexity index is 1190. The van der Waals surface area contributed by atoms with E-state index in [1.807, 2.05) is 18.6 Å². The van der Waals surface area contributed by atoms with Gasteiger partial charge in [-0.15, -0.1) is 11.8 Å². The van der Waals surface area contributed by atoms with E-state index in [4.69, 9.17) is 14.9 Å². The molecule has 1 saturated carbocycles. The zero-order chi connectivity index (χ0) is 29.8. The Labute approximate surface area is 251 Å². The molecule has 2 N–H and O–H groups in total. The van der Waals surface area contributed by atoms with Gasteiger partial charge in [-0.3, -0.25) is 0 Å². The topological polar surface area (TPSA) is 73.6 Å². The van der Waals surface area contributed by atoms with Crippen molar-refractivity contribution in [2.45, 2.75) is 69.2 Å². The summed E-state index contributed by atoms with van der Waals surface area (Å²) < 4.78 is 2.62. The van der Waals surface area contributed by atoms with Gasteiger partial charge in [-0.1, -0.05) is 49.6 Å². The van der Waals surface area contributed by atoms with Crippen molar-refractivity contribution in [3.63, 3.8) is 0 Å². The predicted molar refractivity (Wildman–Crippen MR) is 175 cm³/mol. The van der Waals surface area contributed by atoms with Gasteiger partial charge in [0.1, 0.15) is 12.6 Å². The highest BCUT2D eigenvalue weighted by Crippen LogP contribution is 2.44. The summed E-state index contributed by atoms with van der Waals surface area (Å²) in [7, 11) is 5.41. The maximum atomic E-state index is 8.00. The Morgan fingerprint density at radius 3 is 2.27 bits per heavy atom. The van der Waals surface area contributed by atoms with E-state index in [1.165, 1.54) is 85.3 Å². The van der Waals surface area contributed by atoms with Gasteiger partial charge in [0.2, 0.25) is 0 Å². The molecule has 8 heteroatoms. The molecular weight excluding hydrogens is 530 g/mol. The molecule has 3 aliphatic rings. The van der Waals surface area contributed by atoms with Crippen molar-refractivity contribution in [1.82, 2.24) is 19.8 Å². The van der Waals surface area contributed by atoms with Crippen molar-refractivity contribution >= 4 is 35.3 Å². The van der Waals surface area contributed by atoms with Crippen LogP contribution in [0.5, 0.6) is 0 Å². The van der Waals surface area contributed by atoms with E-state index in [9.17, 15) is 0 Å². The predicted octanol–water partition coefficient (Wildman–Crippen LogP) is 5.54. The van der Waals surface area contributed by atoms with Gasteiger partial charge in [0, 0.05) is 64.0 Å². The Morgan fingerprint density at radius 1 is 1.02 bits per heavy atom. The lowest BCUT2D eigenvalue weighted by atomic mass is 9.93. The highest BCUT2D eigenvalue weighted by Gasteiger charge is 2.35. The van der Waals surface area contributed by atoms with Crippen LogP contribution in [0, 0.1) is 0 Å². The Morgan fingerprint density at radius 2 is 1.68 bits per heavy atom. The van der Waals surface area contributed by atoms with Crippen molar-refractivity contribution in [1.29, 1.82) is 0 Å². The molecule has 226 valence electrons. The van der Waals surface area contributed by atoms with Gasteiger partial charge in [0.15, 0.2) is 0 Å². The summed E-state index contributed by atoms with van der Waals surface area (Å²) in [5, 5.41) is 10.3. The first-order valence-electron chi connectivity index (χ1n) is 15.0. The second kappa shape index (κ2) is 16.3. The fourth-order valence-corrected chi connectivity index (χ4v) is 6.94. The lowest BCUT2D eigenvalue weighted by molar-refractivity contribution is -0.0980. The number of aromatic nitrogens is 2. The number of nitrogens with zero attached hydrogens (tertiary/aromatic N) is 4. The summed E-state index contributed by atoms with van der Waals surface area (Å²) >= 11 is 1.96. The van der Waals surface area contributed by atoms with Gasteiger partial charge in [-0.2, -0.15) is 0 Å². The van der Waals surface area contributed by atoms with E-state index in [-0.39, 0.29) is 4.87 Å². The number of hydrogen-bond acceptors (Lipinski definition) is 7. The standard InChI is InChI=1S/C26H33N3S.C5H12N2.CH4O.CH2O/c1-26(30-3)17-16-21-22(28(26)2)14-15-23-25(21)27-24(18-19-10-6-4-7-11-19)29(23)20-12-8-5-9-13-20;1-7-4-2-6-3-5-7;2*1-2/h4,6-7,10-11,14-15,20H,5,8-9,12-13,16-18H2,1-3H3;6H,2-5H2,1H3;2H,1H3;1H2/t26-;;;/m0.../s1. The molecule has 2 aliphatic heterocycles. The number of rotatable bonds is 4. The van der Waals surface area contributed by atoms with E-state index < -0.39 is 0 Å². The average molecular weight is 582 g/mol. The normalized spacial score (nSPS) is 21.0. The van der Waals surface area contributed by atoms with Crippen LogP contribution < -0.4 is 10.2 Å². The molecule has 7 nitrogen and oxygen atoms in total. The van der Waals surface area contributed by atoms with Crippen molar-refractivity contribution in [3.8, 4) is 0 Å². The molecule has 0 bridgehead atoms. The zero-order valence-corrected chi connectivity index (χ0v) is 26.7. The molecule has 1 aliphatic carbocycles. The third-order valence-corrected chi connectivity index (χ3v) is 10.2. The number of likely N-dealkylation sites (N-methyl/N-ethyl adjacent to an activating group) is 1. The third kappa shape index (κ3) is 7.92. The SMILES string of the molecule is C=O.CN1CCNCC1.CO.CS[C@@]1(C)CCc2c(ccc3c2nc(Cc2ccccc2)n3C2CCCCC2)N1C. The number of aliphatic hydroxyl groups is 1. The summed E-state index contributed by atoms with van der Waals surface area (Å²) in [6.45, 7) is 9.11. The molecule has 0 spiro atoms. The molecule has 0 unspecified atom stereocenters. The summed E-state index contributed by atoms with van der Waals surface area (Å²) in [5.74, 6) is 1.25. The maximum Gasteiger partial charge on any atom is 0.114 e. The van der Waals surface area contributed by atoms with Crippen LogP contribution in [0.15, 0.2) is 42.5 Å². The number of aliphatic hydroxyl groups excluding tert-OH is 1. The van der Waals surface area contributed by atoms with Crippen molar-refractivity contribution in [3.05, 3.63) is 59.4 Å². The van der Waals surface area contributed by atoms with Crippen molar-refractivity contribution < 1.29 is 9.90 Å². The number of anilines is 1. The Kier molecular flexibility index (Phi) is 13.2. The monoisotopic (exact) mass is 581 g/mol. The van der Waals surface area contributed by atoms with Crippen LogP contribution >= 0.6 is 11.8 Å². The van der Waals surface area contributed by atoms with Crippen LogP contribution in [0.3, 0.4) is 0 Å². The number of aryl methyl sites for hydroxylation is 1. The Hall–Kier alpha value is -2.39. The quantitative estimate of drug-likeness (QED) is 0.419. The third-order valence-electron chi connectivity index (χ3n) is 8.85. The van der Waals surface area contributed by atoms with Crippen LogP contribution in [-0.4, -0.2) is 84.9 Å². The van der Waals surface area contributed by atoms with Gasteiger partial charge in [-0.05, 0) is 63.6 Å². The molecular formula is C33H51N5O2S. The second-order valence-electron chi connectivity index (χ2n) is 11.3. The highest BCUT2D eigenvalue weighted by atomic mass is 32.2. The van der Waals surface area contributed by atoms with Gasteiger partial charge in [-0.25, -0.2) is 4.98 Å². The fourth-order valence-electron chi connectivity index (χ4n) is 6.26. The molecule has 0 radical (unpaired) electrons. The smallest absolute Gasteiger partial charge is 0.114 e. The number of piperazine rings is 1. The molecule has 1 aromatic heterocycles. The largest absolute Gasteiger partial charge is 0.400 e. The number of carbonyl (C=O) groups excluding carboxylic acids is 1. The second-order valence-corrected chi connectivity index (χ2v) is 12.6. The van der Waals surface area contributed by atoms with E-state index in [2.05, 4.69) is 89.4 Å².